The summed E-state index contributed by atoms with van der Waals surface area (Å²) in [6, 6.07) is 13.7. The van der Waals surface area contributed by atoms with E-state index in [1.165, 1.54) is 0 Å². The number of nitrogens with zero attached hydrogens (tertiary/aromatic N) is 3. The fraction of sp³-hybridized carbons (Fsp3) is 0.273. The Morgan fingerprint density at radius 2 is 2.00 bits per heavy atom. The van der Waals surface area contributed by atoms with Gasteiger partial charge in [-0.3, -0.25) is 5.41 Å². The van der Waals surface area contributed by atoms with E-state index in [2.05, 4.69) is 6.92 Å². The summed E-state index contributed by atoms with van der Waals surface area (Å²) in [6.45, 7) is 4.91. The molecule has 0 aliphatic carbocycles. The third kappa shape index (κ3) is 2.91. The number of fused-ring (bicyclic) bond motifs is 1. The molecular formula is C22H24N4O2. The van der Waals surface area contributed by atoms with Crippen LogP contribution in [-0.4, -0.2) is 33.6 Å². The molecule has 0 saturated heterocycles. The van der Waals surface area contributed by atoms with E-state index < -0.39 is 0 Å². The van der Waals surface area contributed by atoms with Crippen LogP contribution in [0.15, 0.2) is 48.2 Å². The fourth-order valence-electron chi connectivity index (χ4n) is 3.57. The minimum absolute atomic E-state index is 0.144. The highest BCUT2D eigenvalue weighted by Crippen LogP contribution is 2.36. The van der Waals surface area contributed by atoms with Gasteiger partial charge in [0.2, 0.25) is 0 Å². The van der Waals surface area contributed by atoms with Gasteiger partial charge in [-0.05, 0) is 43.2 Å². The van der Waals surface area contributed by atoms with Gasteiger partial charge in [-0.15, -0.1) is 0 Å². The van der Waals surface area contributed by atoms with E-state index in [1.54, 1.807) is 4.90 Å². The van der Waals surface area contributed by atoms with E-state index in [4.69, 9.17) is 15.1 Å². The smallest absolute Gasteiger partial charge is 0.148 e. The van der Waals surface area contributed by atoms with Crippen molar-refractivity contribution in [1.29, 1.82) is 5.41 Å². The van der Waals surface area contributed by atoms with Gasteiger partial charge < -0.3 is 19.3 Å². The zero-order chi connectivity index (χ0) is 19.8. The van der Waals surface area contributed by atoms with Crippen LogP contribution in [-0.2, 0) is 7.05 Å². The summed E-state index contributed by atoms with van der Waals surface area (Å²) in [6.07, 6.45) is 0.903. The Labute approximate surface area is 164 Å². The monoisotopic (exact) mass is 376 g/mol. The lowest BCUT2D eigenvalue weighted by molar-refractivity contribution is 0.318. The Morgan fingerprint density at radius 1 is 1.21 bits per heavy atom. The Bertz CT molecular complexity index is 1100. The average molecular weight is 376 g/mol. The van der Waals surface area contributed by atoms with Crippen molar-refractivity contribution in [2.45, 2.75) is 20.3 Å². The van der Waals surface area contributed by atoms with Gasteiger partial charge in [0.1, 0.15) is 23.2 Å². The summed E-state index contributed by atoms with van der Waals surface area (Å²) in [5.41, 5.74) is 4.19. The minimum atomic E-state index is 0.144. The number of amidine groups is 1. The molecule has 0 unspecified atom stereocenters. The van der Waals surface area contributed by atoms with Gasteiger partial charge in [0.25, 0.3) is 0 Å². The summed E-state index contributed by atoms with van der Waals surface area (Å²) in [5.74, 6) is 1.67. The number of hydrogen-bond acceptors (Lipinski definition) is 4. The van der Waals surface area contributed by atoms with Crippen LogP contribution < -0.4 is 9.64 Å². The lowest BCUT2D eigenvalue weighted by atomic mass is 10.2. The van der Waals surface area contributed by atoms with Crippen LogP contribution in [0, 0.1) is 12.3 Å². The number of para-hydroxylation sites is 2. The van der Waals surface area contributed by atoms with Gasteiger partial charge in [0.05, 0.1) is 35.4 Å². The molecule has 0 spiro atoms. The summed E-state index contributed by atoms with van der Waals surface area (Å²) in [7, 11) is 1.91. The molecule has 0 atom stereocenters. The second-order valence-corrected chi connectivity index (χ2v) is 7.06. The van der Waals surface area contributed by atoms with Gasteiger partial charge >= 0.3 is 0 Å². The Morgan fingerprint density at radius 3 is 2.79 bits per heavy atom. The Kier molecular flexibility index (Phi) is 4.55. The first kappa shape index (κ1) is 18.1. The number of imidazole rings is 1. The van der Waals surface area contributed by atoms with E-state index in [1.807, 2.05) is 61.0 Å². The van der Waals surface area contributed by atoms with Crippen LogP contribution in [0.4, 0.5) is 5.69 Å². The first-order valence-electron chi connectivity index (χ1n) is 9.45. The Hall–Kier alpha value is -3.28. The number of aliphatic hydroxyl groups is 1. The number of anilines is 1. The molecule has 2 heterocycles. The number of aryl methyl sites for hydroxylation is 2. The summed E-state index contributed by atoms with van der Waals surface area (Å²) in [5, 5.41) is 19.5. The SMILES string of the molecule is CCCOc1ccccc1N1CC(O)=C(c2nc3cc(C)ccc3n2C)C1=N. The normalized spacial score (nSPS) is 14.4. The molecule has 0 saturated carbocycles. The van der Waals surface area contributed by atoms with Crippen molar-refractivity contribution in [2.24, 2.45) is 7.05 Å². The number of nitrogens with one attached hydrogen (secondary N) is 1. The molecule has 2 N–H and O–H groups in total. The molecule has 144 valence electrons. The van der Waals surface area contributed by atoms with Crippen molar-refractivity contribution >= 4 is 28.1 Å². The van der Waals surface area contributed by atoms with Crippen LogP contribution in [0.1, 0.15) is 24.7 Å². The number of ether oxygens (including phenoxy) is 1. The van der Waals surface area contributed by atoms with Crippen molar-refractivity contribution in [2.75, 3.05) is 18.1 Å². The Balaban J connectivity index is 1.73. The number of aliphatic hydroxyl groups excluding tert-OH is 1. The molecule has 1 aliphatic heterocycles. The topological polar surface area (TPSA) is 74.4 Å². The quantitative estimate of drug-likeness (QED) is 0.690. The molecule has 4 rings (SSSR count). The number of aromatic nitrogens is 2. The first-order chi connectivity index (χ1) is 13.5. The second-order valence-electron chi connectivity index (χ2n) is 7.06. The van der Waals surface area contributed by atoms with Crippen LogP contribution in [0.2, 0.25) is 0 Å². The van der Waals surface area contributed by atoms with E-state index >= 15 is 0 Å². The predicted octanol–water partition coefficient (Wildman–Crippen LogP) is 4.44. The lowest BCUT2D eigenvalue weighted by Gasteiger charge is -2.22. The highest BCUT2D eigenvalue weighted by atomic mass is 16.5. The summed E-state index contributed by atoms with van der Waals surface area (Å²) >= 11 is 0. The number of hydrogen-bond donors (Lipinski definition) is 2. The van der Waals surface area contributed by atoms with Gasteiger partial charge in [-0.25, -0.2) is 4.98 Å². The average Bonchev–Trinajstić information content (AvgIpc) is 3.15. The zero-order valence-electron chi connectivity index (χ0n) is 16.4. The molecule has 0 fully saturated rings. The third-order valence-corrected chi connectivity index (χ3v) is 4.98. The third-order valence-electron chi connectivity index (χ3n) is 4.98. The molecule has 6 heteroatoms. The highest BCUT2D eigenvalue weighted by Gasteiger charge is 2.33. The van der Waals surface area contributed by atoms with Crippen LogP contribution >= 0.6 is 0 Å². The van der Waals surface area contributed by atoms with Crippen molar-refractivity contribution in [3.63, 3.8) is 0 Å². The zero-order valence-corrected chi connectivity index (χ0v) is 16.4. The molecule has 6 nitrogen and oxygen atoms in total. The van der Waals surface area contributed by atoms with Crippen molar-refractivity contribution in [3.8, 4) is 5.75 Å². The molecule has 3 aromatic rings. The maximum absolute atomic E-state index is 10.7. The molecule has 2 aromatic carbocycles. The van der Waals surface area contributed by atoms with E-state index in [0.29, 0.717) is 23.8 Å². The van der Waals surface area contributed by atoms with Crippen LogP contribution in [0.3, 0.4) is 0 Å². The second kappa shape index (κ2) is 7.03. The summed E-state index contributed by atoms with van der Waals surface area (Å²) in [4.78, 5) is 6.47. The van der Waals surface area contributed by atoms with Gasteiger partial charge in [0, 0.05) is 7.05 Å². The van der Waals surface area contributed by atoms with Crippen LogP contribution in [0.5, 0.6) is 5.75 Å². The van der Waals surface area contributed by atoms with E-state index in [0.717, 1.165) is 28.7 Å². The van der Waals surface area contributed by atoms with Gasteiger partial charge in [0.15, 0.2) is 0 Å². The predicted molar refractivity (Wildman–Crippen MR) is 112 cm³/mol. The van der Waals surface area contributed by atoms with Crippen molar-refractivity contribution < 1.29 is 9.84 Å². The highest BCUT2D eigenvalue weighted by molar-refractivity contribution is 6.30. The molecular weight excluding hydrogens is 352 g/mol. The summed E-state index contributed by atoms with van der Waals surface area (Å²) < 4.78 is 7.78. The molecule has 0 radical (unpaired) electrons. The van der Waals surface area contributed by atoms with Gasteiger partial charge in [-0.2, -0.15) is 0 Å². The van der Waals surface area contributed by atoms with Crippen LogP contribution in [0.25, 0.3) is 16.6 Å². The lowest BCUT2D eigenvalue weighted by Crippen LogP contribution is -2.27. The standard InChI is InChI=1S/C22H24N4O2/c1-4-11-28-19-8-6-5-7-17(19)26-13-18(27)20(21(26)23)22-24-15-12-14(2)9-10-16(15)25(22)3/h5-10,12,23,27H,4,11,13H2,1-3H3. The van der Waals surface area contributed by atoms with Gasteiger partial charge in [-0.1, -0.05) is 25.1 Å². The number of benzene rings is 2. The van der Waals surface area contributed by atoms with Crippen molar-refractivity contribution in [3.05, 3.63) is 59.6 Å². The van der Waals surface area contributed by atoms with E-state index in [-0.39, 0.29) is 18.1 Å². The molecule has 0 amide bonds. The maximum atomic E-state index is 10.7. The molecule has 1 aliphatic rings. The molecule has 1 aromatic heterocycles. The minimum Gasteiger partial charge on any atom is -0.509 e. The maximum Gasteiger partial charge on any atom is 0.148 e. The molecule has 28 heavy (non-hydrogen) atoms. The van der Waals surface area contributed by atoms with Crippen molar-refractivity contribution in [1.82, 2.24) is 9.55 Å². The number of rotatable bonds is 5. The molecule has 0 bridgehead atoms. The fourth-order valence-corrected chi connectivity index (χ4v) is 3.57. The first-order valence-corrected chi connectivity index (χ1v) is 9.45. The largest absolute Gasteiger partial charge is 0.509 e. The van der Waals surface area contributed by atoms with E-state index in [9.17, 15) is 5.11 Å².